The molecule has 0 radical (unpaired) electrons. The fourth-order valence-electron chi connectivity index (χ4n) is 3.87. The molecule has 2 saturated carbocycles. The van der Waals surface area contributed by atoms with Crippen molar-refractivity contribution in [3.05, 3.63) is 0 Å². The Kier molecular flexibility index (Phi) is 5.30. The summed E-state index contributed by atoms with van der Waals surface area (Å²) in [7, 11) is 4.54. The third kappa shape index (κ3) is 3.45. The molecule has 0 spiro atoms. The topological polar surface area (TPSA) is 15.3 Å². The van der Waals surface area contributed by atoms with Crippen LogP contribution in [0.2, 0.25) is 0 Å². The molecule has 1 N–H and O–H groups in total. The molecule has 2 heteroatoms. The first-order valence-electron chi connectivity index (χ1n) is 7.72. The summed E-state index contributed by atoms with van der Waals surface area (Å²) in [5.41, 5.74) is 0. The van der Waals surface area contributed by atoms with E-state index in [2.05, 4.69) is 24.3 Å². The Morgan fingerprint density at radius 2 is 1.41 bits per heavy atom. The molecule has 2 aliphatic carbocycles. The van der Waals surface area contributed by atoms with Crippen molar-refractivity contribution in [2.75, 3.05) is 14.1 Å². The molecule has 2 nitrogen and oxygen atoms in total. The van der Waals surface area contributed by atoms with Crippen molar-refractivity contribution in [2.45, 2.75) is 82.3 Å². The molecule has 0 aromatic carbocycles. The summed E-state index contributed by atoms with van der Waals surface area (Å²) in [6, 6.07) is 2.37. The van der Waals surface area contributed by atoms with E-state index in [1.807, 2.05) is 0 Å². The van der Waals surface area contributed by atoms with Gasteiger partial charge in [-0.15, -0.1) is 0 Å². The van der Waals surface area contributed by atoms with Crippen LogP contribution in [0.25, 0.3) is 0 Å². The minimum absolute atomic E-state index is 0.726. The van der Waals surface area contributed by atoms with Crippen LogP contribution in [-0.2, 0) is 0 Å². The average molecular weight is 238 g/mol. The Balaban J connectivity index is 1.95. The minimum atomic E-state index is 0.726. The zero-order valence-electron chi connectivity index (χ0n) is 11.8. The summed E-state index contributed by atoms with van der Waals surface area (Å²) in [5, 5.41) is 3.57. The predicted molar refractivity (Wildman–Crippen MR) is 74.4 cm³/mol. The van der Waals surface area contributed by atoms with Crippen LogP contribution in [0.15, 0.2) is 0 Å². The molecule has 0 amide bonds. The van der Waals surface area contributed by atoms with Gasteiger partial charge in [-0.1, -0.05) is 38.5 Å². The van der Waals surface area contributed by atoms with Crippen molar-refractivity contribution in [3.63, 3.8) is 0 Å². The van der Waals surface area contributed by atoms with E-state index in [-0.39, 0.29) is 0 Å². The van der Waals surface area contributed by atoms with Gasteiger partial charge in [0.05, 0.1) is 0 Å². The van der Waals surface area contributed by atoms with Crippen molar-refractivity contribution in [2.24, 2.45) is 0 Å². The van der Waals surface area contributed by atoms with Gasteiger partial charge < -0.3 is 5.32 Å². The van der Waals surface area contributed by atoms with Gasteiger partial charge in [-0.05, 0) is 39.8 Å². The number of nitrogens with one attached hydrogen (secondary N) is 1. The molecule has 0 saturated heterocycles. The zero-order valence-corrected chi connectivity index (χ0v) is 11.8. The van der Waals surface area contributed by atoms with Crippen molar-refractivity contribution in [1.29, 1.82) is 0 Å². The molecule has 0 aliphatic heterocycles. The molecule has 2 rings (SSSR count). The van der Waals surface area contributed by atoms with E-state index in [4.69, 9.17) is 0 Å². The second kappa shape index (κ2) is 6.75. The van der Waals surface area contributed by atoms with E-state index in [0.717, 1.165) is 18.1 Å². The molecule has 0 aromatic heterocycles. The lowest BCUT2D eigenvalue weighted by molar-refractivity contribution is 0.107. The van der Waals surface area contributed by atoms with Crippen LogP contribution in [0.5, 0.6) is 0 Å². The number of nitrogens with zero attached hydrogens (tertiary/aromatic N) is 1. The van der Waals surface area contributed by atoms with Crippen LogP contribution >= 0.6 is 0 Å². The summed E-state index contributed by atoms with van der Waals surface area (Å²) in [5.74, 6) is 0. The van der Waals surface area contributed by atoms with Crippen LogP contribution < -0.4 is 5.32 Å². The summed E-state index contributed by atoms with van der Waals surface area (Å²) in [6.45, 7) is 0. The number of hydrogen-bond donors (Lipinski definition) is 1. The highest BCUT2D eigenvalue weighted by Crippen LogP contribution is 2.28. The molecule has 2 fully saturated rings. The molecule has 0 bridgehead atoms. The summed E-state index contributed by atoms with van der Waals surface area (Å²) >= 11 is 0. The lowest BCUT2D eigenvalue weighted by Gasteiger charge is -2.40. The number of hydrogen-bond acceptors (Lipinski definition) is 2. The molecular weight excluding hydrogens is 208 g/mol. The molecule has 2 atom stereocenters. The van der Waals surface area contributed by atoms with Gasteiger partial charge in [0.2, 0.25) is 0 Å². The van der Waals surface area contributed by atoms with Gasteiger partial charge in [0.25, 0.3) is 0 Å². The number of rotatable bonds is 3. The quantitative estimate of drug-likeness (QED) is 0.760. The van der Waals surface area contributed by atoms with E-state index in [1.165, 1.54) is 64.2 Å². The lowest BCUT2D eigenvalue weighted by Crippen LogP contribution is -2.51. The van der Waals surface area contributed by atoms with Crippen molar-refractivity contribution in [3.8, 4) is 0 Å². The largest absolute Gasteiger partial charge is 0.315 e. The number of likely N-dealkylation sites (N-methyl/N-ethyl adjacent to an activating group) is 2. The molecule has 17 heavy (non-hydrogen) atoms. The first-order valence-corrected chi connectivity index (χ1v) is 7.72. The van der Waals surface area contributed by atoms with Crippen LogP contribution in [0.1, 0.15) is 64.2 Å². The Morgan fingerprint density at radius 1 is 0.824 bits per heavy atom. The van der Waals surface area contributed by atoms with Crippen molar-refractivity contribution in [1.82, 2.24) is 10.2 Å². The Morgan fingerprint density at radius 3 is 2.06 bits per heavy atom. The maximum Gasteiger partial charge on any atom is 0.0249 e. The van der Waals surface area contributed by atoms with Crippen LogP contribution in [-0.4, -0.2) is 37.1 Å². The summed E-state index contributed by atoms with van der Waals surface area (Å²) < 4.78 is 0. The van der Waals surface area contributed by atoms with E-state index < -0.39 is 0 Å². The third-order valence-corrected chi connectivity index (χ3v) is 5.02. The van der Waals surface area contributed by atoms with E-state index in [9.17, 15) is 0 Å². The molecule has 2 aliphatic rings. The molecular formula is C15H30N2. The lowest BCUT2D eigenvalue weighted by atomic mass is 9.91. The SMILES string of the molecule is CNC1CCCCCC1N(C)C1CCCCC1. The van der Waals surface area contributed by atoms with E-state index >= 15 is 0 Å². The monoisotopic (exact) mass is 238 g/mol. The zero-order chi connectivity index (χ0) is 12.1. The standard InChI is InChI=1S/C15H30N2/c1-16-14-11-7-4-8-12-15(14)17(2)13-9-5-3-6-10-13/h13-16H,3-12H2,1-2H3. The minimum Gasteiger partial charge on any atom is -0.315 e. The molecule has 0 aromatic rings. The first kappa shape index (κ1) is 13.4. The van der Waals surface area contributed by atoms with Crippen molar-refractivity contribution < 1.29 is 0 Å². The molecule has 100 valence electrons. The molecule has 2 unspecified atom stereocenters. The van der Waals surface area contributed by atoms with Gasteiger partial charge in [0, 0.05) is 18.1 Å². The predicted octanol–water partition coefficient (Wildman–Crippen LogP) is 3.17. The normalized spacial score (nSPS) is 32.6. The smallest absolute Gasteiger partial charge is 0.0249 e. The maximum absolute atomic E-state index is 3.57. The first-order chi connectivity index (χ1) is 8.33. The third-order valence-electron chi connectivity index (χ3n) is 5.02. The highest BCUT2D eigenvalue weighted by atomic mass is 15.2. The Labute approximate surface area is 107 Å². The fraction of sp³-hybridized carbons (Fsp3) is 1.00. The molecule has 0 heterocycles. The van der Waals surface area contributed by atoms with Gasteiger partial charge in [-0.25, -0.2) is 0 Å². The highest BCUT2D eigenvalue weighted by molar-refractivity contribution is 4.88. The Bertz CT molecular complexity index is 211. The van der Waals surface area contributed by atoms with Gasteiger partial charge in [-0.2, -0.15) is 0 Å². The Hall–Kier alpha value is -0.0800. The average Bonchev–Trinajstić information content (AvgIpc) is 2.64. The summed E-state index contributed by atoms with van der Waals surface area (Å²) in [4.78, 5) is 2.73. The van der Waals surface area contributed by atoms with Gasteiger partial charge in [0.1, 0.15) is 0 Å². The van der Waals surface area contributed by atoms with E-state index in [0.29, 0.717) is 0 Å². The van der Waals surface area contributed by atoms with Gasteiger partial charge in [0.15, 0.2) is 0 Å². The summed E-state index contributed by atoms with van der Waals surface area (Å²) in [6.07, 6.45) is 14.3. The van der Waals surface area contributed by atoms with Crippen LogP contribution in [0.3, 0.4) is 0 Å². The fourth-order valence-corrected chi connectivity index (χ4v) is 3.87. The maximum atomic E-state index is 3.57. The van der Waals surface area contributed by atoms with Crippen LogP contribution in [0, 0.1) is 0 Å². The van der Waals surface area contributed by atoms with E-state index in [1.54, 1.807) is 0 Å². The van der Waals surface area contributed by atoms with Crippen LogP contribution in [0.4, 0.5) is 0 Å². The van der Waals surface area contributed by atoms with Gasteiger partial charge in [-0.3, -0.25) is 4.90 Å². The highest BCUT2D eigenvalue weighted by Gasteiger charge is 2.30. The van der Waals surface area contributed by atoms with Gasteiger partial charge >= 0.3 is 0 Å². The second-order valence-electron chi connectivity index (χ2n) is 6.06. The van der Waals surface area contributed by atoms with Crippen molar-refractivity contribution >= 4 is 0 Å². The second-order valence-corrected chi connectivity index (χ2v) is 6.06.